The largest absolute Gasteiger partial charge is 0.368 e. The second-order valence-electron chi connectivity index (χ2n) is 4.59. The molecule has 7 nitrogen and oxygen atoms in total. The van der Waals surface area contributed by atoms with Crippen molar-refractivity contribution in [1.82, 2.24) is 24.7 Å². The Balaban J connectivity index is 2.18. The summed E-state index contributed by atoms with van der Waals surface area (Å²) in [5, 5.41) is 7.25. The zero-order valence-corrected chi connectivity index (χ0v) is 12.0. The van der Waals surface area contributed by atoms with E-state index in [1.807, 2.05) is 0 Å². The molecule has 0 fully saturated rings. The highest BCUT2D eigenvalue weighted by atomic mass is 32.2. The van der Waals surface area contributed by atoms with Gasteiger partial charge in [0, 0.05) is 23.7 Å². The number of nitrogens with zero attached hydrogens (tertiary/aromatic N) is 5. The molecule has 19 heavy (non-hydrogen) atoms. The zero-order valence-electron chi connectivity index (χ0n) is 11.2. The molecule has 0 aliphatic heterocycles. The molecule has 2 aromatic heterocycles. The predicted octanol–water partition coefficient (Wildman–Crippen LogP) is 1.19. The molecule has 102 valence electrons. The van der Waals surface area contributed by atoms with Crippen molar-refractivity contribution in [3.05, 3.63) is 18.5 Å². The molecule has 2 heterocycles. The Hall–Kier alpha value is -1.83. The zero-order chi connectivity index (χ0) is 13.9. The number of hydrogen-bond donors (Lipinski definition) is 2. The number of nitrogens with one attached hydrogen (secondary N) is 1. The van der Waals surface area contributed by atoms with Crippen LogP contribution in [-0.2, 0) is 0 Å². The predicted molar refractivity (Wildman–Crippen MR) is 77.4 cm³/mol. The van der Waals surface area contributed by atoms with Crippen molar-refractivity contribution in [2.45, 2.75) is 18.6 Å². The van der Waals surface area contributed by atoms with Crippen LogP contribution in [0.4, 0.5) is 11.9 Å². The Morgan fingerprint density at radius 1 is 1.37 bits per heavy atom. The molecular formula is C11H17N7S. The smallest absolute Gasteiger partial charge is 0.257 e. The number of nitrogens with two attached hydrogens (primary N) is 1. The van der Waals surface area contributed by atoms with Crippen molar-refractivity contribution >= 4 is 23.7 Å². The third-order valence-electron chi connectivity index (χ3n) is 2.58. The number of nitrogen functional groups attached to an aromatic ring is 1. The van der Waals surface area contributed by atoms with Crippen LogP contribution in [0.25, 0.3) is 5.95 Å². The van der Waals surface area contributed by atoms with Crippen LogP contribution in [0.3, 0.4) is 0 Å². The van der Waals surface area contributed by atoms with Gasteiger partial charge >= 0.3 is 0 Å². The fourth-order valence-corrected chi connectivity index (χ4v) is 1.53. The molecule has 8 heteroatoms. The van der Waals surface area contributed by atoms with Crippen LogP contribution in [0, 0.1) is 0 Å². The SMILES string of the molecule is CSC(C)(C)CNc1nc(N)nc(-n2cccn2)n1. The van der Waals surface area contributed by atoms with Crippen LogP contribution in [0.2, 0.25) is 0 Å². The number of anilines is 2. The summed E-state index contributed by atoms with van der Waals surface area (Å²) >= 11 is 1.77. The summed E-state index contributed by atoms with van der Waals surface area (Å²) in [4.78, 5) is 12.4. The average molecular weight is 279 g/mol. The van der Waals surface area contributed by atoms with E-state index in [1.54, 1.807) is 34.9 Å². The third kappa shape index (κ3) is 3.57. The molecule has 0 radical (unpaired) electrons. The maximum atomic E-state index is 5.69. The van der Waals surface area contributed by atoms with Crippen molar-refractivity contribution in [1.29, 1.82) is 0 Å². The van der Waals surface area contributed by atoms with Crippen molar-refractivity contribution < 1.29 is 0 Å². The van der Waals surface area contributed by atoms with Gasteiger partial charge in [-0.15, -0.1) is 0 Å². The summed E-state index contributed by atoms with van der Waals surface area (Å²) < 4.78 is 1.64. The van der Waals surface area contributed by atoms with Crippen LogP contribution < -0.4 is 11.1 Å². The molecule has 0 spiro atoms. The number of rotatable bonds is 5. The second kappa shape index (κ2) is 5.43. The molecular weight excluding hydrogens is 262 g/mol. The van der Waals surface area contributed by atoms with Gasteiger partial charge in [-0.1, -0.05) is 0 Å². The minimum atomic E-state index is 0.0905. The van der Waals surface area contributed by atoms with Gasteiger partial charge in [0.1, 0.15) is 0 Å². The second-order valence-corrected chi connectivity index (χ2v) is 6.10. The molecule has 2 rings (SSSR count). The summed E-state index contributed by atoms with van der Waals surface area (Å²) in [5.41, 5.74) is 5.69. The minimum Gasteiger partial charge on any atom is -0.368 e. The lowest BCUT2D eigenvalue weighted by atomic mass is 10.2. The Bertz CT molecular complexity index is 538. The van der Waals surface area contributed by atoms with Gasteiger partial charge in [0.2, 0.25) is 11.9 Å². The minimum absolute atomic E-state index is 0.0905. The molecule has 0 atom stereocenters. The Labute approximate surface area is 116 Å². The molecule has 0 aliphatic carbocycles. The fraction of sp³-hybridized carbons (Fsp3) is 0.455. The fourth-order valence-electron chi connectivity index (χ4n) is 1.31. The van der Waals surface area contributed by atoms with E-state index in [0.29, 0.717) is 11.9 Å². The first-order valence-electron chi connectivity index (χ1n) is 5.81. The highest BCUT2D eigenvalue weighted by Crippen LogP contribution is 2.21. The van der Waals surface area contributed by atoms with E-state index in [0.717, 1.165) is 6.54 Å². The maximum absolute atomic E-state index is 5.69. The van der Waals surface area contributed by atoms with E-state index >= 15 is 0 Å². The Kier molecular flexibility index (Phi) is 3.89. The molecule has 0 bridgehead atoms. The summed E-state index contributed by atoms with van der Waals surface area (Å²) in [7, 11) is 0. The topological polar surface area (TPSA) is 94.5 Å². The lowest BCUT2D eigenvalue weighted by Gasteiger charge is -2.22. The first-order chi connectivity index (χ1) is 9.00. The maximum Gasteiger partial charge on any atom is 0.257 e. The average Bonchev–Trinajstić information content (AvgIpc) is 2.90. The van der Waals surface area contributed by atoms with Gasteiger partial charge in [0.05, 0.1) is 0 Å². The first kappa shape index (κ1) is 13.6. The van der Waals surface area contributed by atoms with Gasteiger partial charge in [0.25, 0.3) is 5.95 Å². The number of thioether (sulfide) groups is 1. The molecule has 3 N–H and O–H groups in total. The van der Waals surface area contributed by atoms with E-state index in [-0.39, 0.29) is 10.7 Å². The highest BCUT2D eigenvalue weighted by molar-refractivity contribution is 7.99. The standard InChI is InChI=1S/C11H17N7S/c1-11(2,19-3)7-13-9-15-8(12)16-10(17-9)18-6-4-5-14-18/h4-6H,7H2,1-3H3,(H3,12,13,15,16,17). The van der Waals surface area contributed by atoms with Gasteiger partial charge in [-0.25, -0.2) is 4.68 Å². The summed E-state index contributed by atoms with van der Waals surface area (Å²) in [6, 6.07) is 1.80. The summed E-state index contributed by atoms with van der Waals surface area (Å²) in [5.74, 6) is 1.03. The van der Waals surface area contributed by atoms with Gasteiger partial charge in [-0.05, 0) is 26.2 Å². The molecule has 0 saturated carbocycles. The lowest BCUT2D eigenvalue weighted by molar-refractivity contribution is 0.740. The van der Waals surface area contributed by atoms with Gasteiger partial charge in [-0.3, -0.25) is 0 Å². The number of aromatic nitrogens is 5. The molecule has 0 unspecified atom stereocenters. The summed E-state index contributed by atoms with van der Waals surface area (Å²) in [6.45, 7) is 5.02. The van der Waals surface area contributed by atoms with E-state index in [4.69, 9.17) is 5.73 Å². The Morgan fingerprint density at radius 3 is 2.79 bits per heavy atom. The van der Waals surface area contributed by atoms with Crippen molar-refractivity contribution in [3.63, 3.8) is 0 Å². The van der Waals surface area contributed by atoms with E-state index in [9.17, 15) is 0 Å². The van der Waals surface area contributed by atoms with Gasteiger partial charge < -0.3 is 11.1 Å². The van der Waals surface area contributed by atoms with Crippen molar-refractivity contribution in [2.75, 3.05) is 23.9 Å². The monoisotopic (exact) mass is 279 g/mol. The lowest BCUT2D eigenvalue weighted by Crippen LogP contribution is -2.27. The van der Waals surface area contributed by atoms with Crippen LogP contribution >= 0.6 is 11.8 Å². The normalized spacial score (nSPS) is 11.5. The molecule has 0 amide bonds. The van der Waals surface area contributed by atoms with Crippen LogP contribution in [0.1, 0.15) is 13.8 Å². The third-order valence-corrected chi connectivity index (χ3v) is 3.82. The highest BCUT2D eigenvalue weighted by Gasteiger charge is 2.16. The van der Waals surface area contributed by atoms with Crippen LogP contribution in [0.5, 0.6) is 0 Å². The van der Waals surface area contributed by atoms with Crippen LogP contribution in [-0.4, -0.2) is 42.3 Å². The van der Waals surface area contributed by atoms with Crippen molar-refractivity contribution in [3.8, 4) is 5.95 Å². The van der Waals surface area contributed by atoms with E-state index in [2.05, 4.69) is 45.5 Å². The van der Waals surface area contributed by atoms with E-state index in [1.165, 1.54) is 0 Å². The quantitative estimate of drug-likeness (QED) is 0.849. The first-order valence-corrected chi connectivity index (χ1v) is 7.03. The summed E-state index contributed by atoms with van der Waals surface area (Å²) in [6.07, 6.45) is 5.48. The van der Waals surface area contributed by atoms with Crippen LogP contribution in [0.15, 0.2) is 18.5 Å². The van der Waals surface area contributed by atoms with Gasteiger partial charge in [-0.2, -0.15) is 31.8 Å². The number of hydrogen-bond acceptors (Lipinski definition) is 7. The van der Waals surface area contributed by atoms with Gasteiger partial charge in [0.15, 0.2) is 0 Å². The molecule has 0 saturated heterocycles. The van der Waals surface area contributed by atoms with Crippen molar-refractivity contribution in [2.24, 2.45) is 0 Å². The van der Waals surface area contributed by atoms with E-state index < -0.39 is 0 Å². The molecule has 0 aromatic carbocycles. The Morgan fingerprint density at radius 2 is 2.16 bits per heavy atom. The molecule has 0 aliphatic rings. The molecule has 2 aromatic rings.